The van der Waals surface area contributed by atoms with Crippen molar-refractivity contribution in [3.63, 3.8) is 0 Å². The summed E-state index contributed by atoms with van der Waals surface area (Å²) >= 11 is 10.1. The topological polar surface area (TPSA) is 0 Å². The molecule has 0 unspecified atom stereocenters. The molecule has 62 valence electrons. The number of halogens is 2. The van der Waals surface area contributed by atoms with Crippen molar-refractivity contribution in [1.82, 2.24) is 0 Å². The molecule has 0 aromatic carbocycles. The Kier molecular flexibility index (Phi) is 2.88. The highest BCUT2D eigenvalue weighted by molar-refractivity contribution is 14.1. The molecule has 1 aromatic heterocycles. The summed E-state index contributed by atoms with van der Waals surface area (Å²) in [6.45, 7) is 6.53. The molecule has 1 aromatic rings. The van der Waals surface area contributed by atoms with E-state index >= 15 is 0 Å². The Morgan fingerprint density at radius 2 is 2.00 bits per heavy atom. The molecule has 11 heavy (non-hydrogen) atoms. The second-order valence-corrected chi connectivity index (χ2v) is 6.56. The van der Waals surface area contributed by atoms with Crippen LogP contribution in [-0.2, 0) is 5.41 Å². The minimum absolute atomic E-state index is 0.178. The summed E-state index contributed by atoms with van der Waals surface area (Å²) in [5, 5.41) is 3.08. The highest BCUT2D eigenvalue weighted by Crippen LogP contribution is 2.36. The predicted molar refractivity (Wildman–Crippen MR) is 60.7 cm³/mol. The molecule has 0 spiro atoms. The number of rotatable bonds is 0. The molecule has 0 atom stereocenters. The lowest BCUT2D eigenvalue weighted by Crippen LogP contribution is -2.09. The molecule has 1 rings (SSSR count). The van der Waals surface area contributed by atoms with E-state index in [0.29, 0.717) is 0 Å². The van der Waals surface area contributed by atoms with E-state index in [2.05, 4.69) is 48.7 Å². The fourth-order valence-corrected chi connectivity index (χ4v) is 2.94. The third-order valence-electron chi connectivity index (χ3n) is 1.50. The fourth-order valence-electron chi connectivity index (χ4n) is 0.826. The first-order chi connectivity index (χ1) is 4.93. The molecule has 0 aliphatic rings. The van der Waals surface area contributed by atoms with Crippen LogP contribution in [0.4, 0.5) is 0 Å². The molecule has 0 N–H and O–H groups in total. The molecule has 0 saturated carbocycles. The van der Waals surface area contributed by atoms with Crippen LogP contribution in [-0.4, -0.2) is 0 Å². The van der Waals surface area contributed by atoms with Gasteiger partial charge in [0.25, 0.3) is 0 Å². The second-order valence-electron chi connectivity index (χ2n) is 3.49. The van der Waals surface area contributed by atoms with E-state index in [1.807, 2.05) is 0 Å². The number of hydrogen-bond acceptors (Lipinski definition) is 1. The lowest BCUT2D eigenvalue weighted by Gasteiger charge is -2.17. The smallest absolute Gasteiger partial charge is 0.0842 e. The zero-order valence-electron chi connectivity index (χ0n) is 6.74. The van der Waals surface area contributed by atoms with Crippen molar-refractivity contribution < 1.29 is 0 Å². The third kappa shape index (κ3) is 2.10. The van der Waals surface area contributed by atoms with E-state index in [0.717, 1.165) is 5.02 Å². The standard InChI is InChI=1S/C8H10ClIS/c1-8(2,3)5-4-11-7(10)6(5)9/h4H,1-3H3. The molecule has 0 nitrogen and oxygen atoms in total. The normalized spacial score (nSPS) is 12.1. The monoisotopic (exact) mass is 300 g/mol. The summed E-state index contributed by atoms with van der Waals surface area (Å²) in [6, 6.07) is 0. The average Bonchev–Trinajstić information content (AvgIpc) is 2.11. The van der Waals surface area contributed by atoms with Crippen LogP contribution in [0.2, 0.25) is 5.02 Å². The van der Waals surface area contributed by atoms with Crippen LogP contribution >= 0.6 is 45.5 Å². The fraction of sp³-hybridized carbons (Fsp3) is 0.500. The van der Waals surface area contributed by atoms with Crippen molar-refractivity contribution >= 4 is 45.5 Å². The lowest BCUT2D eigenvalue weighted by atomic mass is 9.89. The maximum atomic E-state index is 6.10. The second kappa shape index (κ2) is 3.23. The summed E-state index contributed by atoms with van der Waals surface area (Å²) < 4.78 is 1.19. The zero-order chi connectivity index (χ0) is 8.65. The maximum absolute atomic E-state index is 6.10. The van der Waals surface area contributed by atoms with Gasteiger partial charge in [0.2, 0.25) is 0 Å². The van der Waals surface area contributed by atoms with Gasteiger partial charge in [0.1, 0.15) is 0 Å². The molecule has 0 saturated heterocycles. The average molecular weight is 301 g/mol. The molecule has 0 amide bonds. The number of thiophene rings is 1. The summed E-state index contributed by atoms with van der Waals surface area (Å²) in [5.74, 6) is 0. The SMILES string of the molecule is CC(C)(C)c1csc(I)c1Cl. The van der Waals surface area contributed by atoms with Gasteiger partial charge < -0.3 is 0 Å². The molecular formula is C8H10ClIS. The van der Waals surface area contributed by atoms with Gasteiger partial charge in [0, 0.05) is 0 Å². The van der Waals surface area contributed by atoms with Gasteiger partial charge in [-0.15, -0.1) is 11.3 Å². The van der Waals surface area contributed by atoms with Gasteiger partial charge in [-0.2, -0.15) is 0 Å². The largest absolute Gasteiger partial charge is 0.136 e. The Morgan fingerprint density at radius 3 is 2.18 bits per heavy atom. The van der Waals surface area contributed by atoms with Gasteiger partial charge in [-0.05, 0) is 38.9 Å². The Bertz CT molecular complexity index is 260. The lowest BCUT2D eigenvalue weighted by molar-refractivity contribution is 0.593. The molecule has 0 aliphatic carbocycles. The molecule has 1 heterocycles. The van der Waals surface area contributed by atoms with Gasteiger partial charge in [-0.25, -0.2) is 0 Å². The van der Waals surface area contributed by atoms with Gasteiger partial charge in [-0.3, -0.25) is 0 Å². The minimum atomic E-state index is 0.178. The quantitative estimate of drug-likeness (QED) is 0.627. The van der Waals surface area contributed by atoms with Crippen molar-refractivity contribution in [3.8, 4) is 0 Å². The molecule has 0 radical (unpaired) electrons. The first kappa shape index (κ1) is 9.81. The molecule has 0 aliphatic heterocycles. The van der Waals surface area contributed by atoms with Crippen molar-refractivity contribution in [3.05, 3.63) is 18.9 Å². The Balaban J connectivity index is 3.15. The molecule has 0 bridgehead atoms. The maximum Gasteiger partial charge on any atom is 0.0842 e. The molecule has 3 heteroatoms. The van der Waals surface area contributed by atoms with Crippen LogP contribution in [0.5, 0.6) is 0 Å². The van der Waals surface area contributed by atoms with Crippen LogP contribution in [0.25, 0.3) is 0 Å². The Hall–Kier alpha value is 0.720. The van der Waals surface area contributed by atoms with E-state index in [-0.39, 0.29) is 5.41 Å². The summed E-state index contributed by atoms with van der Waals surface area (Å²) in [6.07, 6.45) is 0. The summed E-state index contributed by atoms with van der Waals surface area (Å²) in [4.78, 5) is 0. The van der Waals surface area contributed by atoms with Crippen molar-refractivity contribution in [1.29, 1.82) is 0 Å². The van der Waals surface area contributed by atoms with E-state index in [1.54, 1.807) is 11.3 Å². The Morgan fingerprint density at radius 1 is 1.45 bits per heavy atom. The van der Waals surface area contributed by atoms with E-state index in [1.165, 1.54) is 8.45 Å². The van der Waals surface area contributed by atoms with Crippen LogP contribution in [0.1, 0.15) is 26.3 Å². The third-order valence-corrected chi connectivity index (χ3v) is 4.39. The summed E-state index contributed by atoms with van der Waals surface area (Å²) in [7, 11) is 0. The first-order valence-corrected chi connectivity index (χ1v) is 5.69. The predicted octanol–water partition coefficient (Wildman–Crippen LogP) is 4.30. The van der Waals surface area contributed by atoms with Crippen molar-refractivity contribution in [2.24, 2.45) is 0 Å². The summed E-state index contributed by atoms with van der Waals surface area (Å²) in [5.41, 5.74) is 1.44. The highest BCUT2D eigenvalue weighted by Gasteiger charge is 2.19. The van der Waals surface area contributed by atoms with Crippen LogP contribution < -0.4 is 0 Å². The minimum Gasteiger partial charge on any atom is -0.136 e. The van der Waals surface area contributed by atoms with E-state index in [4.69, 9.17) is 11.6 Å². The van der Waals surface area contributed by atoms with Crippen LogP contribution in [0, 0.1) is 2.88 Å². The van der Waals surface area contributed by atoms with Crippen molar-refractivity contribution in [2.45, 2.75) is 26.2 Å². The van der Waals surface area contributed by atoms with Crippen LogP contribution in [0.15, 0.2) is 5.38 Å². The number of hydrogen-bond donors (Lipinski definition) is 0. The van der Waals surface area contributed by atoms with Gasteiger partial charge in [0.05, 0.1) is 7.91 Å². The van der Waals surface area contributed by atoms with E-state index < -0.39 is 0 Å². The van der Waals surface area contributed by atoms with Crippen molar-refractivity contribution in [2.75, 3.05) is 0 Å². The van der Waals surface area contributed by atoms with Gasteiger partial charge >= 0.3 is 0 Å². The highest BCUT2D eigenvalue weighted by atomic mass is 127. The van der Waals surface area contributed by atoms with Crippen LogP contribution in [0.3, 0.4) is 0 Å². The zero-order valence-corrected chi connectivity index (χ0v) is 10.5. The molecular weight excluding hydrogens is 291 g/mol. The van der Waals surface area contributed by atoms with E-state index in [9.17, 15) is 0 Å². The first-order valence-electron chi connectivity index (χ1n) is 3.36. The Labute approximate surface area is 90.1 Å². The molecule has 0 fully saturated rings. The van der Waals surface area contributed by atoms with Gasteiger partial charge in [-0.1, -0.05) is 32.4 Å². The van der Waals surface area contributed by atoms with Gasteiger partial charge in [0.15, 0.2) is 0 Å².